The largest absolute Gasteiger partial charge is 0.365 e. The average molecular weight is 246 g/mol. The number of para-hydroxylation sites is 1. The molecular weight excluding hydrogens is 236 g/mol. The van der Waals surface area contributed by atoms with Crippen LogP contribution in [0.15, 0.2) is 42.5 Å². The van der Waals surface area contributed by atoms with Crippen LogP contribution in [0.4, 0.5) is 5.69 Å². The summed E-state index contributed by atoms with van der Waals surface area (Å²) in [6.45, 7) is 0. The number of amides is 2. The summed E-state index contributed by atoms with van der Waals surface area (Å²) in [6, 6.07) is 12.3. The van der Waals surface area contributed by atoms with E-state index >= 15 is 0 Å². The van der Waals surface area contributed by atoms with E-state index in [2.05, 4.69) is 5.32 Å². The van der Waals surface area contributed by atoms with Crippen molar-refractivity contribution in [3.8, 4) is 0 Å². The molecule has 4 nitrogen and oxygen atoms in total. The number of hydrogen-bond donors (Lipinski definition) is 2. The third kappa shape index (κ3) is 2.70. The van der Waals surface area contributed by atoms with Crippen molar-refractivity contribution in [1.82, 2.24) is 0 Å². The van der Waals surface area contributed by atoms with E-state index < -0.39 is 5.91 Å². The van der Waals surface area contributed by atoms with Crippen LogP contribution in [0.25, 0.3) is 0 Å². The number of thiophene rings is 1. The number of anilines is 1. The van der Waals surface area contributed by atoms with E-state index in [1.807, 2.05) is 18.2 Å². The quantitative estimate of drug-likeness (QED) is 0.870. The van der Waals surface area contributed by atoms with Crippen LogP contribution in [-0.4, -0.2) is 11.8 Å². The SMILES string of the molecule is NC(=O)c1ccc(C(=O)Nc2ccccc2)s1. The first-order valence-electron chi connectivity index (χ1n) is 4.93. The Morgan fingerprint density at radius 3 is 2.24 bits per heavy atom. The van der Waals surface area contributed by atoms with Crippen LogP contribution in [0.3, 0.4) is 0 Å². The van der Waals surface area contributed by atoms with Crippen molar-refractivity contribution in [1.29, 1.82) is 0 Å². The lowest BCUT2D eigenvalue weighted by Crippen LogP contribution is -2.10. The molecule has 1 aromatic carbocycles. The Kier molecular flexibility index (Phi) is 3.20. The second-order valence-corrected chi connectivity index (χ2v) is 4.43. The fourth-order valence-electron chi connectivity index (χ4n) is 1.31. The van der Waals surface area contributed by atoms with Gasteiger partial charge in [0.1, 0.15) is 0 Å². The summed E-state index contributed by atoms with van der Waals surface area (Å²) >= 11 is 1.08. The Balaban J connectivity index is 2.12. The fraction of sp³-hybridized carbons (Fsp3) is 0. The molecule has 3 N–H and O–H groups in total. The first-order chi connectivity index (χ1) is 8.16. The van der Waals surface area contributed by atoms with Gasteiger partial charge in [0, 0.05) is 5.69 Å². The predicted octanol–water partition coefficient (Wildman–Crippen LogP) is 2.10. The molecule has 0 bridgehead atoms. The predicted molar refractivity (Wildman–Crippen MR) is 67.2 cm³/mol. The van der Waals surface area contributed by atoms with Crippen LogP contribution in [0, 0.1) is 0 Å². The van der Waals surface area contributed by atoms with Gasteiger partial charge in [-0.2, -0.15) is 0 Å². The van der Waals surface area contributed by atoms with Crippen molar-refractivity contribution >= 4 is 28.8 Å². The zero-order chi connectivity index (χ0) is 12.3. The normalized spacial score (nSPS) is 9.88. The van der Waals surface area contributed by atoms with Gasteiger partial charge in [-0.05, 0) is 24.3 Å². The van der Waals surface area contributed by atoms with Gasteiger partial charge in [-0.1, -0.05) is 18.2 Å². The highest BCUT2D eigenvalue weighted by molar-refractivity contribution is 7.16. The van der Waals surface area contributed by atoms with Gasteiger partial charge in [-0.3, -0.25) is 9.59 Å². The lowest BCUT2D eigenvalue weighted by atomic mass is 10.3. The first kappa shape index (κ1) is 11.3. The molecule has 0 fully saturated rings. The van der Waals surface area contributed by atoms with Crippen LogP contribution >= 0.6 is 11.3 Å². The number of nitrogens with one attached hydrogen (secondary N) is 1. The maximum Gasteiger partial charge on any atom is 0.265 e. The van der Waals surface area contributed by atoms with Gasteiger partial charge in [0.05, 0.1) is 9.75 Å². The summed E-state index contributed by atoms with van der Waals surface area (Å²) in [6.07, 6.45) is 0. The monoisotopic (exact) mass is 246 g/mol. The number of rotatable bonds is 3. The standard InChI is InChI=1S/C12H10N2O2S/c13-11(15)9-6-7-10(17-9)12(16)14-8-4-2-1-3-5-8/h1-7H,(H2,13,15)(H,14,16). The molecule has 2 amide bonds. The van der Waals surface area contributed by atoms with E-state index in [1.165, 1.54) is 0 Å². The smallest absolute Gasteiger partial charge is 0.265 e. The molecule has 0 atom stereocenters. The highest BCUT2D eigenvalue weighted by Gasteiger charge is 2.11. The molecule has 0 unspecified atom stereocenters. The number of hydrogen-bond acceptors (Lipinski definition) is 3. The minimum absolute atomic E-state index is 0.242. The molecule has 0 saturated heterocycles. The van der Waals surface area contributed by atoms with Crippen LogP contribution < -0.4 is 11.1 Å². The van der Waals surface area contributed by atoms with Gasteiger partial charge in [0.15, 0.2) is 0 Å². The molecule has 0 spiro atoms. The number of nitrogens with two attached hydrogens (primary N) is 1. The third-order valence-electron chi connectivity index (χ3n) is 2.10. The third-order valence-corrected chi connectivity index (χ3v) is 3.20. The molecule has 0 saturated carbocycles. The number of carbonyl (C=O) groups is 2. The summed E-state index contributed by atoms with van der Waals surface area (Å²) in [5, 5.41) is 2.73. The van der Waals surface area contributed by atoms with Crippen molar-refractivity contribution < 1.29 is 9.59 Å². The van der Waals surface area contributed by atoms with Crippen LogP contribution in [0.1, 0.15) is 19.3 Å². The molecule has 1 heterocycles. The molecule has 17 heavy (non-hydrogen) atoms. The Hall–Kier alpha value is -2.14. The van der Waals surface area contributed by atoms with Gasteiger partial charge in [-0.15, -0.1) is 11.3 Å². The van der Waals surface area contributed by atoms with Gasteiger partial charge in [-0.25, -0.2) is 0 Å². The highest BCUT2D eigenvalue weighted by atomic mass is 32.1. The fourth-order valence-corrected chi connectivity index (χ4v) is 2.06. The maximum atomic E-state index is 11.8. The second-order valence-electron chi connectivity index (χ2n) is 3.35. The number of benzene rings is 1. The van der Waals surface area contributed by atoms with E-state index in [1.54, 1.807) is 24.3 Å². The second kappa shape index (κ2) is 4.80. The van der Waals surface area contributed by atoms with Crippen molar-refractivity contribution in [2.45, 2.75) is 0 Å². The first-order valence-corrected chi connectivity index (χ1v) is 5.74. The Bertz CT molecular complexity index is 549. The van der Waals surface area contributed by atoms with Gasteiger partial charge < -0.3 is 11.1 Å². The summed E-state index contributed by atoms with van der Waals surface area (Å²) in [7, 11) is 0. The molecule has 1 aromatic heterocycles. The van der Waals surface area contributed by atoms with Crippen LogP contribution in [0.2, 0.25) is 0 Å². The summed E-state index contributed by atoms with van der Waals surface area (Å²) in [5.74, 6) is -0.762. The highest BCUT2D eigenvalue weighted by Crippen LogP contribution is 2.17. The summed E-state index contributed by atoms with van der Waals surface area (Å²) in [5.41, 5.74) is 5.83. The molecule has 0 radical (unpaired) electrons. The summed E-state index contributed by atoms with van der Waals surface area (Å²) < 4.78 is 0. The van der Waals surface area contributed by atoms with Crippen molar-refractivity contribution in [3.63, 3.8) is 0 Å². The molecule has 2 aromatic rings. The molecule has 0 aliphatic rings. The maximum absolute atomic E-state index is 11.8. The Labute approximate surface area is 102 Å². The van der Waals surface area contributed by atoms with E-state index in [4.69, 9.17) is 5.73 Å². The minimum Gasteiger partial charge on any atom is -0.365 e. The number of carbonyl (C=O) groups excluding carboxylic acids is 2. The lowest BCUT2D eigenvalue weighted by molar-refractivity contribution is 0.100. The van der Waals surface area contributed by atoms with Crippen LogP contribution in [-0.2, 0) is 0 Å². The molecular formula is C12H10N2O2S. The van der Waals surface area contributed by atoms with Gasteiger partial charge >= 0.3 is 0 Å². The molecule has 5 heteroatoms. The van der Waals surface area contributed by atoms with E-state index in [0.29, 0.717) is 15.4 Å². The molecule has 2 rings (SSSR count). The lowest BCUT2D eigenvalue weighted by Gasteiger charge is -2.01. The van der Waals surface area contributed by atoms with Crippen molar-refractivity contribution in [3.05, 3.63) is 52.2 Å². The topological polar surface area (TPSA) is 72.2 Å². The number of primary amides is 1. The van der Waals surface area contributed by atoms with Gasteiger partial charge in [0.2, 0.25) is 0 Å². The van der Waals surface area contributed by atoms with Crippen molar-refractivity contribution in [2.75, 3.05) is 5.32 Å². The minimum atomic E-state index is -0.520. The van der Waals surface area contributed by atoms with E-state index in [9.17, 15) is 9.59 Å². The van der Waals surface area contributed by atoms with Crippen LogP contribution in [0.5, 0.6) is 0 Å². The van der Waals surface area contributed by atoms with E-state index in [-0.39, 0.29) is 5.91 Å². The van der Waals surface area contributed by atoms with Gasteiger partial charge in [0.25, 0.3) is 11.8 Å². The Morgan fingerprint density at radius 1 is 1.00 bits per heavy atom. The van der Waals surface area contributed by atoms with E-state index in [0.717, 1.165) is 11.3 Å². The average Bonchev–Trinajstić information content (AvgIpc) is 2.79. The zero-order valence-corrected chi connectivity index (χ0v) is 9.66. The summed E-state index contributed by atoms with van der Waals surface area (Å²) in [4.78, 5) is 23.5. The molecule has 0 aliphatic heterocycles. The van der Waals surface area contributed by atoms with Crippen molar-refractivity contribution in [2.24, 2.45) is 5.73 Å². The Morgan fingerprint density at radius 2 is 1.65 bits per heavy atom. The molecule has 0 aliphatic carbocycles. The zero-order valence-electron chi connectivity index (χ0n) is 8.84. The molecule has 86 valence electrons.